The van der Waals surface area contributed by atoms with Gasteiger partial charge < -0.3 is 4.55 Å². The zero-order valence-corrected chi connectivity index (χ0v) is 10.2. The van der Waals surface area contributed by atoms with Gasteiger partial charge >= 0.3 is 11.4 Å². The fraction of sp³-hybridized carbons (Fsp3) is 1.00. The van der Waals surface area contributed by atoms with Gasteiger partial charge in [-0.3, -0.25) is 0 Å². The molecule has 0 aliphatic heterocycles. The van der Waals surface area contributed by atoms with Gasteiger partial charge in [-0.25, -0.2) is 12.8 Å². The molecule has 0 aromatic carbocycles. The molecule has 0 aliphatic rings. The molecule has 2 unspecified atom stereocenters. The minimum absolute atomic E-state index is 0.101. The highest BCUT2D eigenvalue weighted by Gasteiger charge is 2.59. The molecule has 0 saturated heterocycles. The highest BCUT2D eigenvalue weighted by Crippen LogP contribution is 2.44. The number of rotatable bonds is 5. The lowest BCUT2D eigenvalue weighted by Gasteiger charge is -2.36. The number of alkyl halides is 6. The minimum Gasteiger partial charge on any atom is -0.743 e. The molecule has 110 valence electrons. The molecule has 0 heterocycles. The van der Waals surface area contributed by atoms with Gasteiger partial charge in [0.2, 0.25) is 0 Å². The van der Waals surface area contributed by atoms with Crippen molar-refractivity contribution >= 4 is 10.1 Å². The Bertz CT molecular complexity index is 386. The van der Waals surface area contributed by atoms with Crippen LogP contribution in [0.2, 0.25) is 0 Å². The number of hydrogen-bond donors (Lipinski definition) is 0. The van der Waals surface area contributed by atoms with Crippen LogP contribution in [0.25, 0.3) is 0 Å². The van der Waals surface area contributed by atoms with Gasteiger partial charge in [0, 0.05) is 6.42 Å². The van der Waals surface area contributed by atoms with Gasteiger partial charge in [-0.05, 0) is 19.3 Å². The Morgan fingerprint density at radius 1 is 1.11 bits per heavy atom. The third-order valence-corrected chi connectivity index (χ3v) is 3.70. The zero-order valence-electron chi connectivity index (χ0n) is 9.39. The SMILES string of the molecule is CC(CCC(F)(F)F)C(C)(F)C(F)(F)S(=O)(=O)[O-]. The van der Waals surface area contributed by atoms with Crippen molar-refractivity contribution in [3.05, 3.63) is 0 Å². The molecule has 0 spiro atoms. The second-order valence-electron chi connectivity index (χ2n) is 4.10. The van der Waals surface area contributed by atoms with E-state index >= 15 is 0 Å². The Hall–Kier alpha value is -0.510. The first kappa shape index (κ1) is 17.5. The minimum atomic E-state index is -6.30. The summed E-state index contributed by atoms with van der Waals surface area (Å²) in [5, 5.41) is -5.29. The summed E-state index contributed by atoms with van der Waals surface area (Å²) in [7, 11) is -6.30. The van der Waals surface area contributed by atoms with E-state index in [0.29, 0.717) is 6.92 Å². The molecule has 3 nitrogen and oxygen atoms in total. The summed E-state index contributed by atoms with van der Waals surface area (Å²) in [6, 6.07) is 0. The van der Waals surface area contributed by atoms with E-state index in [1.807, 2.05) is 0 Å². The highest BCUT2D eigenvalue weighted by molar-refractivity contribution is 7.86. The monoisotopic (exact) mass is 301 g/mol. The van der Waals surface area contributed by atoms with Crippen LogP contribution in [-0.4, -0.2) is 30.1 Å². The smallest absolute Gasteiger partial charge is 0.389 e. The Morgan fingerprint density at radius 2 is 1.50 bits per heavy atom. The summed E-state index contributed by atoms with van der Waals surface area (Å²) in [6.45, 7) is 0.786. The van der Waals surface area contributed by atoms with Crippen molar-refractivity contribution in [3.8, 4) is 0 Å². The van der Waals surface area contributed by atoms with E-state index in [1.54, 1.807) is 0 Å². The lowest BCUT2D eigenvalue weighted by Crippen LogP contribution is -2.51. The maximum Gasteiger partial charge on any atom is 0.389 e. The van der Waals surface area contributed by atoms with Crippen molar-refractivity contribution < 1.29 is 39.3 Å². The van der Waals surface area contributed by atoms with Gasteiger partial charge in [-0.15, -0.1) is 0 Å². The quantitative estimate of drug-likeness (QED) is 0.579. The van der Waals surface area contributed by atoms with Crippen molar-refractivity contribution in [2.75, 3.05) is 0 Å². The predicted octanol–water partition coefficient (Wildman–Crippen LogP) is 2.83. The topological polar surface area (TPSA) is 57.2 Å². The lowest BCUT2D eigenvalue weighted by molar-refractivity contribution is -0.147. The van der Waals surface area contributed by atoms with Crippen LogP contribution in [0, 0.1) is 5.92 Å². The summed E-state index contributed by atoms with van der Waals surface area (Å²) < 4.78 is 106. The second-order valence-corrected chi connectivity index (χ2v) is 5.52. The van der Waals surface area contributed by atoms with Crippen LogP contribution < -0.4 is 0 Å². The van der Waals surface area contributed by atoms with E-state index in [9.17, 15) is 39.3 Å². The fourth-order valence-electron chi connectivity index (χ4n) is 1.18. The van der Waals surface area contributed by atoms with Gasteiger partial charge in [0.05, 0.1) is 0 Å². The first-order valence-corrected chi connectivity index (χ1v) is 6.12. The van der Waals surface area contributed by atoms with E-state index in [-0.39, 0.29) is 6.92 Å². The number of halogens is 6. The Kier molecular flexibility index (Phi) is 4.74. The van der Waals surface area contributed by atoms with Crippen molar-refractivity contribution in [2.24, 2.45) is 5.92 Å². The van der Waals surface area contributed by atoms with Crippen molar-refractivity contribution in [2.45, 2.75) is 43.8 Å². The van der Waals surface area contributed by atoms with Gasteiger partial charge in [0.15, 0.2) is 15.8 Å². The first-order chi connectivity index (χ1) is 7.63. The van der Waals surface area contributed by atoms with Crippen LogP contribution in [0.5, 0.6) is 0 Å². The van der Waals surface area contributed by atoms with Crippen LogP contribution >= 0.6 is 0 Å². The van der Waals surface area contributed by atoms with E-state index in [1.165, 1.54) is 0 Å². The first-order valence-electron chi connectivity index (χ1n) is 4.72. The molecule has 10 heteroatoms. The summed E-state index contributed by atoms with van der Waals surface area (Å²) >= 11 is 0. The van der Waals surface area contributed by atoms with E-state index in [2.05, 4.69) is 0 Å². The molecular weight excluding hydrogens is 290 g/mol. The van der Waals surface area contributed by atoms with Crippen LogP contribution in [0.15, 0.2) is 0 Å². The molecule has 0 radical (unpaired) electrons. The molecule has 0 saturated carbocycles. The average molecular weight is 301 g/mol. The Morgan fingerprint density at radius 3 is 1.78 bits per heavy atom. The molecule has 0 amide bonds. The lowest BCUT2D eigenvalue weighted by atomic mass is 9.88. The number of hydrogen-bond acceptors (Lipinski definition) is 3. The van der Waals surface area contributed by atoms with Gasteiger partial charge in [0.25, 0.3) is 0 Å². The Labute approximate surface area is 99.9 Å². The normalized spacial score (nSPS) is 19.4. The second kappa shape index (κ2) is 4.87. The Balaban J connectivity index is 5.04. The summed E-state index contributed by atoms with van der Waals surface area (Å²) in [5.74, 6) is -1.96. The zero-order chi connectivity index (χ0) is 15.0. The predicted molar refractivity (Wildman–Crippen MR) is 48.6 cm³/mol. The van der Waals surface area contributed by atoms with Crippen LogP contribution in [0.4, 0.5) is 26.3 Å². The summed E-state index contributed by atoms with van der Waals surface area (Å²) in [5.41, 5.74) is -3.88. The molecule has 2 atom stereocenters. The maximum absolute atomic E-state index is 13.6. The van der Waals surface area contributed by atoms with Crippen molar-refractivity contribution in [3.63, 3.8) is 0 Å². The summed E-state index contributed by atoms with van der Waals surface area (Å²) in [6.07, 6.45) is -7.29. The molecule has 0 rings (SSSR count). The maximum atomic E-state index is 13.6. The molecular formula is C8H11F6O3S-. The van der Waals surface area contributed by atoms with Crippen molar-refractivity contribution in [1.29, 1.82) is 0 Å². The van der Waals surface area contributed by atoms with Crippen molar-refractivity contribution in [1.82, 2.24) is 0 Å². The van der Waals surface area contributed by atoms with Gasteiger partial charge in [-0.1, -0.05) is 6.92 Å². The highest BCUT2D eigenvalue weighted by atomic mass is 32.2. The molecule has 18 heavy (non-hydrogen) atoms. The molecule has 0 N–H and O–H groups in total. The third-order valence-electron chi connectivity index (χ3n) is 2.67. The molecule has 0 fully saturated rings. The van der Waals surface area contributed by atoms with Gasteiger partial charge in [0.1, 0.15) is 0 Å². The third kappa shape index (κ3) is 3.74. The van der Waals surface area contributed by atoms with Gasteiger partial charge in [-0.2, -0.15) is 22.0 Å². The van der Waals surface area contributed by atoms with Crippen LogP contribution in [-0.2, 0) is 10.1 Å². The van der Waals surface area contributed by atoms with E-state index < -0.39 is 46.0 Å². The summed E-state index contributed by atoms with van der Waals surface area (Å²) in [4.78, 5) is 0. The standard InChI is InChI=1S/C8H12F6O3S/c1-5(3-4-7(10,11)12)6(2,9)8(13,14)18(15,16)17/h5H,3-4H2,1-2H3,(H,15,16,17)/p-1. The van der Waals surface area contributed by atoms with Crippen LogP contribution in [0.3, 0.4) is 0 Å². The molecule has 0 aromatic heterocycles. The largest absolute Gasteiger partial charge is 0.743 e. The van der Waals surface area contributed by atoms with E-state index in [4.69, 9.17) is 0 Å². The fourth-order valence-corrected chi connectivity index (χ4v) is 1.87. The average Bonchev–Trinajstić information content (AvgIpc) is 2.10. The van der Waals surface area contributed by atoms with Crippen LogP contribution in [0.1, 0.15) is 26.7 Å². The molecule has 0 bridgehead atoms. The van der Waals surface area contributed by atoms with E-state index in [0.717, 1.165) is 0 Å². The molecule has 0 aliphatic carbocycles. The molecule has 0 aromatic rings.